The van der Waals surface area contributed by atoms with Gasteiger partial charge in [0.1, 0.15) is 11.9 Å². The number of carbonyl (C=O) groups is 1. The summed E-state index contributed by atoms with van der Waals surface area (Å²) in [5.74, 6) is 1.30. The number of aromatic nitrogens is 1. The number of methoxy groups -OCH3 is 1. The van der Waals surface area contributed by atoms with E-state index < -0.39 is 6.10 Å². The molecule has 0 saturated carbocycles. The van der Waals surface area contributed by atoms with E-state index >= 15 is 0 Å². The van der Waals surface area contributed by atoms with E-state index in [-0.39, 0.29) is 5.91 Å². The molecule has 0 bridgehead atoms. The van der Waals surface area contributed by atoms with Crippen molar-refractivity contribution in [2.24, 2.45) is 5.92 Å². The van der Waals surface area contributed by atoms with Gasteiger partial charge in [0.25, 0.3) is 5.91 Å². The number of rotatable bonds is 8. The van der Waals surface area contributed by atoms with Crippen LogP contribution in [-0.2, 0) is 22.6 Å². The Bertz CT molecular complexity index is 1130. The first-order valence-corrected chi connectivity index (χ1v) is 12.0. The van der Waals surface area contributed by atoms with Gasteiger partial charge in [-0.15, -0.1) is 0 Å². The van der Waals surface area contributed by atoms with Gasteiger partial charge in [0.05, 0.1) is 19.2 Å². The molecule has 34 heavy (non-hydrogen) atoms. The van der Waals surface area contributed by atoms with Crippen LogP contribution in [0.1, 0.15) is 30.5 Å². The van der Waals surface area contributed by atoms with Crippen molar-refractivity contribution in [1.82, 2.24) is 14.8 Å². The Balaban J connectivity index is 1.48. The number of amides is 1. The molecule has 180 valence electrons. The lowest BCUT2D eigenvalue weighted by Crippen LogP contribution is -2.51. The number of pyridine rings is 1. The minimum absolute atomic E-state index is 0.0489. The molecule has 1 saturated heterocycles. The highest BCUT2D eigenvalue weighted by Crippen LogP contribution is 2.22. The monoisotopic (exact) mass is 461 g/mol. The summed E-state index contributed by atoms with van der Waals surface area (Å²) < 4.78 is 11.5. The van der Waals surface area contributed by atoms with Crippen LogP contribution in [0.25, 0.3) is 10.9 Å². The molecule has 2 aromatic carbocycles. The number of fused-ring (bicyclic) bond motifs is 1. The molecule has 6 nitrogen and oxygen atoms in total. The molecular weight excluding hydrogens is 426 g/mol. The Morgan fingerprint density at radius 1 is 1.24 bits per heavy atom. The van der Waals surface area contributed by atoms with Crippen molar-refractivity contribution < 1.29 is 14.3 Å². The first-order valence-electron chi connectivity index (χ1n) is 12.0. The highest BCUT2D eigenvalue weighted by Gasteiger charge is 2.31. The van der Waals surface area contributed by atoms with Gasteiger partial charge in [0, 0.05) is 44.3 Å². The van der Waals surface area contributed by atoms with Crippen molar-refractivity contribution in [1.29, 1.82) is 0 Å². The molecule has 3 aromatic rings. The summed E-state index contributed by atoms with van der Waals surface area (Å²) in [6.45, 7) is 10.2. The quantitative estimate of drug-likeness (QED) is 0.497. The van der Waals surface area contributed by atoms with Crippen LogP contribution in [0.4, 0.5) is 0 Å². The van der Waals surface area contributed by atoms with Gasteiger partial charge in [0.2, 0.25) is 0 Å². The molecule has 0 aliphatic carbocycles. The van der Waals surface area contributed by atoms with E-state index in [0.717, 1.165) is 40.9 Å². The van der Waals surface area contributed by atoms with E-state index in [2.05, 4.69) is 60.1 Å². The number of carbonyl (C=O) groups excluding carboxylic acids is 1. The highest BCUT2D eigenvalue weighted by atomic mass is 16.5. The number of para-hydroxylation sites is 1. The standard InChI is InChI=1S/C28H35N3O3/c1-20(2)16-31(18-24-8-5-7-23-9-6-12-29-27(23)24)28(32)26-19-30(13-14-34-26)17-22-11-10-21(3)25(15-22)33-4/h5-12,15,20,26H,13-14,16-19H2,1-4H3/t26-/m1/s1. The van der Waals surface area contributed by atoms with E-state index in [1.54, 1.807) is 7.11 Å². The summed E-state index contributed by atoms with van der Waals surface area (Å²) in [6, 6.07) is 16.5. The maximum Gasteiger partial charge on any atom is 0.253 e. The third kappa shape index (κ3) is 5.75. The Morgan fingerprint density at radius 2 is 2.06 bits per heavy atom. The maximum absolute atomic E-state index is 13.7. The van der Waals surface area contributed by atoms with E-state index in [9.17, 15) is 4.79 Å². The lowest BCUT2D eigenvalue weighted by Gasteiger charge is -2.35. The van der Waals surface area contributed by atoms with Crippen molar-refractivity contribution in [3.63, 3.8) is 0 Å². The molecule has 1 aliphatic heterocycles. The van der Waals surface area contributed by atoms with Crippen molar-refractivity contribution in [2.75, 3.05) is 33.4 Å². The number of morpholine rings is 1. The Kier molecular flexibility index (Phi) is 7.80. The zero-order valence-electron chi connectivity index (χ0n) is 20.7. The molecular formula is C28H35N3O3. The molecule has 0 radical (unpaired) electrons. The number of hydrogen-bond acceptors (Lipinski definition) is 5. The predicted octanol–water partition coefficient (Wildman–Crippen LogP) is 4.44. The van der Waals surface area contributed by atoms with Gasteiger partial charge in [-0.2, -0.15) is 0 Å². The molecule has 1 atom stereocenters. The number of aryl methyl sites for hydroxylation is 1. The summed E-state index contributed by atoms with van der Waals surface area (Å²) in [6.07, 6.45) is 1.34. The van der Waals surface area contributed by atoms with E-state index in [1.165, 1.54) is 5.56 Å². The largest absolute Gasteiger partial charge is 0.496 e. The fourth-order valence-electron chi connectivity index (χ4n) is 4.59. The molecule has 6 heteroatoms. The highest BCUT2D eigenvalue weighted by molar-refractivity contribution is 5.84. The van der Waals surface area contributed by atoms with Crippen LogP contribution >= 0.6 is 0 Å². The van der Waals surface area contributed by atoms with Crippen LogP contribution in [0.15, 0.2) is 54.7 Å². The average Bonchev–Trinajstić information content (AvgIpc) is 2.84. The van der Waals surface area contributed by atoms with Crippen molar-refractivity contribution in [3.05, 3.63) is 71.4 Å². The summed E-state index contributed by atoms with van der Waals surface area (Å²) in [4.78, 5) is 22.5. The molecule has 1 fully saturated rings. The summed E-state index contributed by atoms with van der Waals surface area (Å²) in [7, 11) is 1.70. The molecule has 1 aliphatic rings. The van der Waals surface area contributed by atoms with Gasteiger partial charge in [-0.05, 0) is 41.7 Å². The minimum Gasteiger partial charge on any atom is -0.496 e. The molecule has 0 N–H and O–H groups in total. The third-order valence-corrected chi connectivity index (χ3v) is 6.28. The summed E-state index contributed by atoms with van der Waals surface area (Å²) >= 11 is 0. The number of ether oxygens (including phenoxy) is 2. The maximum atomic E-state index is 13.7. The first-order chi connectivity index (χ1) is 16.4. The second-order valence-electron chi connectivity index (χ2n) is 9.50. The Labute approximate surface area is 202 Å². The van der Waals surface area contributed by atoms with Crippen molar-refractivity contribution >= 4 is 16.8 Å². The third-order valence-electron chi connectivity index (χ3n) is 6.28. The zero-order valence-corrected chi connectivity index (χ0v) is 20.7. The lowest BCUT2D eigenvalue weighted by atomic mass is 10.1. The smallest absolute Gasteiger partial charge is 0.253 e. The molecule has 4 rings (SSSR count). The second kappa shape index (κ2) is 11.0. The molecule has 2 heterocycles. The SMILES string of the molecule is COc1cc(CN2CCO[C@@H](C(=O)N(Cc3cccc4cccnc34)CC(C)C)C2)ccc1C. The van der Waals surface area contributed by atoms with Gasteiger partial charge in [0.15, 0.2) is 0 Å². The molecule has 0 unspecified atom stereocenters. The lowest BCUT2D eigenvalue weighted by molar-refractivity contribution is -0.151. The Morgan fingerprint density at radius 3 is 2.85 bits per heavy atom. The van der Waals surface area contributed by atoms with E-state index in [0.29, 0.717) is 32.2 Å². The number of benzene rings is 2. The fourth-order valence-corrected chi connectivity index (χ4v) is 4.59. The van der Waals surface area contributed by atoms with Gasteiger partial charge in [-0.3, -0.25) is 14.7 Å². The first kappa shape index (κ1) is 24.2. The van der Waals surface area contributed by atoms with Crippen LogP contribution in [-0.4, -0.2) is 60.1 Å². The Hall–Kier alpha value is -2.96. The topological polar surface area (TPSA) is 54.9 Å². The van der Waals surface area contributed by atoms with E-state index in [4.69, 9.17) is 9.47 Å². The molecule has 1 aromatic heterocycles. The molecule has 0 spiro atoms. The predicted molar refractivity (Wildman–Crippen MR) is 135 cm³/mol. The molecule has 1 amide bonds. The summed E-state index contributed by atoms with van der Waals surface area (Å²) in [5, 5.41) is 1.09. The van der Waals surface area contributed by atoms with Crippen LogP contribution in [0.5, 0.6) is 5.75 Å². The van der Waals surface area contributed by atoms with Gasteiger partial charge < -0.3 is 14.4 Å². The van der Waals surface area contributed by atoms with Crippen molar-refractivity contribution in [3.8, 4) is 5.75 Å². The fraction of sp³-hybridized carbons (Fsp3) is 0.429. The van der Waals surface area contributed by atoms with Gasteiger partial charge in [-0.1, -0.05) is 50.2 Å². The zero-order chi connectivity index (χ0) is 24.1. The van der Waals surface area contributed by atoms with Gasteiger partial charge in [-0.25, -0.2) is 0 Å². The van der Waals surface area contributed by atoms with Crippen molar-refractivity contribution in [2.45, 2.75) is 40.0 Å². The average molecular weight is 462 g/mol. The minimum atomic E-state index is -0.470. The van der Waals surface area contributed by atoms with Crippen LogP contribution in [0.3, 0.4) is 0 Å². The number of hydrogen-bond donors (Lipinski definition) is 0. The van der Waals surface area contributed by atoms with Crippen LogP contribution in [0, 0.1) is 12.8 Å². The number of nitrogens with zero attached hydrogens (tertiary/aromatic N) is 3. The van der Waals surface area contributed by atoms with E-state index in [1.807, 2.05) is 30.2 Å². The normalized spacial score (nSPS) is 16.7. The second-order valence-corrected chi connectivity index (χ2v) is 9.50. The summed E-state index contributed by atoms with van der Waals surface area (Å²) in [5.41, 5.74) is 4.31. The van der Waals surface area contributed by atoms with Crippen LogP contribution < -0.4 is 4.74 Å². The van der Waals surface area contributed by atoms with Gasteiger partial charge >= 0.3 is 0 Å². The van der Waals surface area contributed by atoms with Crippen LogP contribution in [0.2, 0.25) is 0 Å².